The van der Waals surface area contributed by atoms with E-state index >= 15 is 0 Å². The second kappa shape index (κ2) is 7.12. The fourth-order valence-corrected chi connectivity index (χ4v) is 2.61. The normalized spacial score (nSPS) is 12.0. The van der Waals surface area contributed by atoms with Gasteiger partial charge < -0.3 is 9.84 Å². The van der Waals surface area contributed by atoms with Gasteiger partial charge in [-0.3, -0.25) is 4.79 Å². The molecule has 1 atom stereocenters. The van der Waals surface area contributed by atoms with Gasteiger partial charge in [-0.25, -0.2) is 0 Å². The molecule has 0 heterocycles. The van der Waals surface area contributed by atoms with Crippen molar-refractivity contribution in [1.82, 2.24) is 0 Å². The smallest absolute Gasteiger partial charge is 0.311 e. The van der Waals surface area contributed by atoms with Gasteiger partial charge >= 0.3 is 5.97 Å². The molecule has 116 valence electrons. The van der Waals surface area contributed by atoms with Crippen LogP contribution in [0.15, 0.2) is 42.5 Å². The van der Waals surface area contributed by atoms with Crippen molar-refractivity contribution in [1.29, 1.82) is 0 Å². The van der Waals surface area contributed by atoms with Crippen molar-refractivity contribution in [3.05, 3.63) is 64.7 Å². The number of methoxy groups -OCH3 is 1. The molecule has 0 saturated heterocycles. The fraction of sp³-hybridized carbons (Fsp3) is 0.316. The van der Waals surface area contributed by atoms with Crippen molar-refractivity contribution >= 4 is 5.97 Å². The van der Waals surface area contributed by atoms with Gasteiger partial charge in [-0.05, 0) is 48.1 Å². The van der Waals surface area contributed by atoms with E-state index in [1.54, 1.807) is 7.11 Å². The average molecular weight is 298 g/mol. The summed E-state index contributed by atoms with van der Waals surface area (Å²) in [5.74, 6) is -0.568. The molecule has 0 saturated carbocycles. The van der Waals surface area contributed by atoms with Crippen LogP contribution in [0.1, 0.15) is 35.1 Å². The Labute approximate surface area is 131 Å². The van der Waals surface area contributed by atoms with Crippen molar-refractivity contribution in [2.75, 3.05) is 7.11 Å². The molecule has 3 heteroatoms. The second-order valence-electron chi connectivity index (χ2n) is 5.49. The lowest BCUT2D eigenvalue weighted by Gasteiger charge is -2.15. The molecule has 1 unspecified atom stereocenters. The van der Waals surface area contributed by atoms with Gasteiger partial charge in [0, 0.05) is 0 Å². The number of hydrogen-bond donors (Lipinski definition) is 1. The Bertz CT molecular complexity index is 644. The molecule has 2 aromatic rings. The van der Waals surface area contributed by atoms with Crippen molar-refractivity contribution in [3.8, 4) is 5.75 Å². The van der Waals surface area contributed by atoms with E-state index in [4.69, 9.17) is 4.74 Å². The maximum Gasteiger partial charge on any atom is 0.311 e. The number of hydrogen-bond acceptors (Lipinski definition) is 2. The molecule has 22 heavy (non-hydrogen) atoms. The highest BCUT2D eigenvalue weighted by molar-refractivity contribution is 5.76. The van der Waals surface area contributed by atoms with E-state index < -0.39 is 11.9 Å². The van der Waals surface area contributed by atoms with Gasteiger partial charge in [0.1, 0.15) is 5.75 Å². The summed E-state index contributed by atoms with van der Waals surface area (Å²) in [6.45, 7) is 4.03. The van der Waals surface area contributed by atoms with E-state index in [-0.39, 0.29) is 0 Å². The first-order valence-corrected chi connectivity index (χ1v) is 7.50. The minimum Gasteiger partial charge on any atom is -0.496 e. The summed E-state index contributed by atoms with van der Waals surface area (Å²) in [4.78, 5) is 11.7. The first-order valence-electron chi connectivity index (χ1n) is 7.50. The molecule has 3 nitrogen and oxygen atoms in total. The number of aryl methyl sites for hydroxylation is 2. The lowest BCUT2D eigenvalue weighted by atomic mass is 9.90. The van der Waals surface area contributed by atoms with Crippen molar-refractivity contribution in [2.24, 2.45) is 0 Å². The van der Waals surface area contributed by atoms with Crippen LogP contribution in [0.2, 0.25) is 0 Å². The van der Waals surface area contributed by atoms with Crippen molar-refractivity contribution in [3.63, 3.8) is 0 Å². The van der Waals surface area contributed by atoms with Crippen LogP contribution in [0.4, 0.5) is 0 Å². The molecule has 2 rings (SSSR count). The van der Waals surface area contributed by atoms with Crippen LogP contribution in [-0.4, -0.2) is 18.2 Å². The second-order valence-corrected chi connectivity index (χ2v) is 5.49. The predicted octanol–water partition coefficient (Wildman–Crippen LogP) is 3.98. The molecule has 0 bridgehead atoms. The molecular weight excluding hydrogens is 276 g/mol. The largest absolute Gasteiger partial charge is 0.496 e. The van der Waals surface area contributed by atoms with Gasteiger partial charge in [-0.1, -0.05) is 43.3 Å². The van der Waals surface area contributed by atoms with E-state index in [2.05, 4.69) is 19.1 Å². The highest BCUT2D eigenvalue weighted by atomic mass is 16.5. The summed E-state index contributed by atoms with van der Waals surface area (Å²) in [5.41, 5.74) is 4.06. The molecule has 0 aliphatic rings. The highest BCUT2D eigenvalue weighted by Gasteiger charge is 2.21. The SMILES string of the molecule is CCc1ccc(CC(C(=O)O)c2ccc(OC)c(C)c2)cc1. The topological polar surface area (TPSA) is 46.5 Å². The van der Waals surface area contributed by atoms with E-state index in [0.29, 0.717) is 6.42 Å². The first-order chi connectivity index (χ1) is 10.5. The predicted molar refractivity (Wildman–Crippen MR) is 87.6 cm³/mol. The maximum atomic E-state index is 11.7. The standard InChI is InChI=1S/C19H22O3/c1-4-14-5-7-15(8-6-14)12-17(19(20)21)16-9-10-18(22-3)13(2)11-16/h5-11,17H,4,12H2,1-3H3,(H,20,21). The van der Waals surface area contributed by atoms with Crippen LogP contribution >= 0.6 is 0 Å². The van der Waals surface area contributed by atoms with Gasteiger partial charge in [-0.15, -0.1) is 0 Å². The van der Waals surface area contributed by atoms with Crippen LogP contribution in [0.25, 0.3) is 0 Å². The van der Waals surface area contributed by atoms with Crippen LogP contribution in [-0.2, 0) is 17.6 Å². The zero-order valence-corrected chi connectivity index (χ0v) is 13.3. The van der Waals surface area contributed by atoms with Crippen molar-refractivity contribution in [2.45, 2.75) is 32.6 Å². The van der Waals surface area contributed by atoms with Crippen LogP contribution in [0, 0.1) is 6.92 Å². The number of benzene rings is 2. The monoisotopic (exact) mass is 298 g/mol. The number of ether oxygens (including phenoxy) is 1. The molecule has 0 fully saturated rings. The third kappa shape index (κ3) is 3.67. The Kier molecular flexibility index (Phi) is 5.21. The third-order valence-electron chi connectivity index (χ3n) is 3.99. The van der Waals surface area contributed by atoms with Gasteiger partial charge in [-0.2, -0.15) is 0 Å². The molecule has 0 aliphatic carbocycles. The minimum atomic E-state index is -0.802. The number of carboxylic acid groups (broad SMARTS) is 1. The molecular formula is C19H22O3. The maximum absolute atomic E-state index is 11.7. The van der Waals surface area contributed by atoms with E-state index in [9.17, 15) is 9.90 Å². The molecule has 2 aromatic carbocycles. The first kappa shape index (κ1) is 16.1. The summed E-state index contributed by atoms with van der Waals surface area (Å²) < 4.78 is 5.24. The molecule has 0 radical (unpaired) electrons. The van der Waals surface area contributed by atoms with Gasteiger partial charge in [0.15, 0.2) is 0 Å². The van der Waals surface area contributed by atoms with E-state index in [0.717, 1.165) is 28.9 Å². The quantitative estimate of drug-likeness (QED) is 0.877. The molecule has 0 spiro atoms. The Balaban J connectivity index is 2.26. The van der Waals surface area contributed by atoms with E-state index in [1.165, 1.54) is 5.56 Å². The Morgan fingerprint density at radius 1 is 1.14 bits per heavy atom. The fourth-order valence-electron chi connectivity index (χ4n) is 2.61. The summed E-state index contributed by atoms with van der Waals surface area (Å²) in [5, 5.41) is 9.57. The Hall–Kier alpha value is -2.29. The lowest BCUT2D eigenvalue weighted by molar-refractivity contribution is -0.138. The third-order valence-corrected chi connectivity index (χ3v) is 3.99. The number of aliphatic carboxylic acids is 1. The zero-order chi connectivity index (χ0) is 16.1. The summed E-state index contributed by atoms with van der Waals surface area (Å²) in [6.07, 6.45) is 1.48. The number of carboxylic acids is 1. The zero-order valence-electron chi connectivity index (χ0n) is 13.3. The summed E-state index contributed by atoms with van der Waals surface area (Å²) in [6, 6.07) is 13.7. The van der Waals surface area contributed by atoms with Gasteiger partial charge in [0.05, 0.1) is 13.0 Å². The van der Waals surface area contributed by atoms with Gasteiger partial charge in [0.25, 0.3) is 0 Å². The van der Waals surface area contributed by atoms with Crippen LogP contribution in [0.5, 0.6) is 5.75 Å². The van der Waals surface area contributed by atoms with Crippen LogP contribution in [0.3, 0.4) is 0 Å². The van der Waals surface area contributed by atoms with Gasteiger partial charge in [0.2, 0.25) is 0 Å². The highest BCUT2D eigenvalue weighted by Crippen LogP contribution is 2.26. The summed E-state index contributed by atoms with van der Waals surface area (Å²) in [7, 11) is 1.62. The average Bonchev–Trinajstić information content (AvgIpc) is 2.52. The Morgan fingerprint density at radius 3 is 2.27 bits per heavy atom. The molecule has 0 amide bonds. The lowest BCUT2D eigenvalue weighted by Crippen LogP contribution is -2.14. The number of rotatable bonds is 6. The summed E-state index contributed by atoms with van der Waals surface area (Å²) >= 11 is 0. The molecule has 0 aliphatic heterocycles. The van der Waals surface area contributed by atoms with Crippen molar-refractivity contribution < 1.29 is 14.6 Å². The molecule has 0 aromatic heterocycles. The minimum absolute atomic E-state index is 0.491. The molecule has 1 N–H and O–H groups in total. The number of carbonyl (C=O) groups is 1. The van der Waals surface area contributed by atoms with E-state index in [1.807, 2.05) is 37.3 Å². The Morgan fingerprint density at radius 2 is 1.77 bits per heavy atom. The van der Waals surface area contributed by atoms with Crippen LogP contribution < -0.4 is 4.74 Å².